The molecule has 0 saturated heterocycles. The molecule has 6 nitrogen and oxygen atoms in total. The van der Waals surface area contributed by atoms with Gasteiger partial charge in [-0.3, -0.25) is 9.59 Å². The van der Waals surface area contributed by atoms with Crippen LogP contribution in [0.3, 0.4) is 0 Å². The number of benzene rings is 2. The molecule has 1 aliphatic carbocycles. The SMILES string of the molecule is Cc1cc(C)cc(NC(=O)CN2c3ccccc3NC3=C(C(=O)CC(C)(C)C3)[C@H]2c2ccco2)c1. The van der Waals surface area contributed by atoms with Gasteiger partial charge in [0.1, 0.15) is 11.8 Å². The lowest BCUT2D eigenvalue weighted by atomic mass is 9.74. The summed E-state index contributed by atoms with van der Waals surface area (Å²) in [6, 6.07) is 17.1. The molecule has 0 radical (unpaired) electrons. The average Bonchev–Trinajstić information content (AvgIpc) is 3.24. The minimum atomic E-state index is -0.509. The molecule has 5 rings (SSSR count). The molecule has 1 aliphatic heterocycles. The van der Waals surface area contributed by atoms with E-state index >= 15 is 0 Å². The minimum absolute atomic E-state index is 0.0600. The number of hydrogen-bond donors (Lipinski definition) is 2. The monoisotopic (exact) mass is 469 g/mol. The van der Waals surface area contributed by atoms with E-state index in [1.165, 1.54) is 0 Å². The normalized spacial score (nSPS) is 18.9. The maximum atomic E-state index is 13.6. The van der Waals surface area contributed by atoms with Crippen molar-refractivity contribution in [3.05, 3.63) is 89.0 Å². The Hall–Kier alpha value is -3.80. The number of Topliss-reactive ketones (excluding diaryl/α,β-unsaturated/α-hetero) is 1. The first-order valence-corrected chi connectivity index (χ1v) is 12.0. The second kappa shape index (κ2) is 8.77. The van der Waals surface area contributed by atoms with Gasteiger partial charge in [-0.2, -0.15) is 0 Å². The molecule has 1 atom stereocenters. The van der Waals surface area contributed by atoms with Crippen LogP contribution in [0.2, 0.25) is 0 Å². The number of furan rings is 1. The van der Waals surface area contributed by atoms with Crippen LogP contribution in [-0.2, 0) is 9.59 Å². The van der Waals surface area contributed by atoms with Crippen LogP contribution in [-0.4, -0.2) is 18.2 Å². The van der Waals surface area contributed by atoms with Crippen LogP contribution in [0.4, 0.5) is 17.1 Å². The predicted octanol–water partition coefficient (Wildman–Crippen LogP) is 6.15. The zero-order valence-electron chi connectivity index (χ0n) is 20.6. The smallest absolute Gasteiger partial charge is 0.243 e. The van der Waals surface area contributed by atoms with Crippen LogP contribution in [0.5, 0.6) is 0 Å². The van der Waals surface area contributed by atoms with Gasteiger partial charge in [0.25, 0.3) is 0 Å². The summed E-state index contributed by atoms with van der Waals surface area (Å²) in [5, 5.41) is 6.60. The molecule has 2 aromatic carbocycles. The van der Waals surface area contributed by atoms with Crippen LogP contribution in [0.25, 0.3) is 0 Å². The van der Waals surface area contributed by atoms with Crippen LogP contribution in [0.15, 0.2) is 76.5 Å². The first-order valence-electron chi connectivity index (χ1n) is 12.0. The van der Waals surface area contributed by atoms with Crippen LogP contribution < -0.4 is 15.5 Å². The number of amides is 1. The Kier molecular flexibility index (Phi) is 5.75. The third-order valence-electron chi connectivity index (χ3n) is 6.64. The highest BCUT2D eigenvalue weighted by molar-refractivity contribution is 6.02. The number of ketones is 1. The van der Waals surface area contributed by atoms with Crippen molar-refractivity contribution in [2.75, 3.05) is 22.1 Å². The number of nitrogens with one attached hydrogen (secondary N) is 2. The third kappa shape index (κ3) is 4.61. The summed E-state index contributed by atoms with van der Waals surface area (Å²) in [5.41, 5.74) is 6.08. The summed E-state index contributed by atoms with van der Waals surface area (Å²) in [4.78, 5) is 28.9. The van der Waals surface area contributed by atoms with Gasteiger partial charge in [-0.05, 0) is 73.2 Å². The lowest BCUT2D eigenvalue weighted by Gasteiger charge is -2.36. The van der Waals surface area contributed by atoms with E-state index < -0.39 is 6.04 Å². The van der Waals surface area contributed by atoms with E-state index in [1.807, 2.05) is 67.3 Å². The first-order chi connectivity index (χ1) is 16.7. The molecule has 0 bridgehead atoms. The molecule has 0 fully saturated rings. The quantitative estimate of drug-likeness (QED) is 0.479. The number of carbonyl (C=O) groups excluding carboxylic acids is 2. The molecular formula is C29H31N3O3. The zero-order chi connectivity index (χ0) is 24.7. The molecule has 3 aromatic rings. The highest BCUT2D eigenvalue weighted by Crippen LogP contribution is 2.48. The van der Waals surface area contributed by atoms with E-state index in [4.69, 9.17) is 4.42 Å². The molecule has 180 valence electrons. The molecule has 1 amide bonds. The Balaban J connectivity index is 1.59. The second-order valence-corrected chi connectivity index (χ2v) is 10.4. The molecule has 2 N–H and O–H groups in total. The maximum absolute atomic E-state index is 13.6. The molecule has 35 heavy (non-hydrogen) atoms. The predicted molar refractivity (Wildman–Crippen MR) is 138 cm³/mol. The zero-order valence-corrected chi connectivity index (χ0v) is 20.6. The van der Waals surface area contributed by atoms with E-state index in [0.29, 0.717) is 17.8 Å². The Morgan fingerprint density at radius 3 is 2.54 bits per heavy atom. The molecule has 0 unspecified atom stereocenters. The van der Waals surface area contributed by atoms with E-state index in [0.717, 1.165) is 40.3 Å². The summed E-state index contributed by atoms with van der Waals surface area (Å²) in [6.45, 7) is 8.31. The standard InChI is InChI=1S/C29H31N3O3/c1-18-12-19(2)14-20(13-18)30-26(34)17-32-23-9-6-5-8-21(23)31-22-15-29(3,4)16-24(33)27(22)28(32)25-10-7-11-35-25/h5-14,28,31H,15-17H2,1-4H3,(H,30,34)/t28-/m1/s1. The Bertz CT molecular complexity index is 1300. The summed E-state index contributed by atoms with van der Waals surface area (Å²) in [5.74, 6) is 0.565. The van der Waals surface area contributed by atoms with Gasteiger partial charge < -0.3 is 20.0 Å². The fourth-order valence-corrected chi connectivity index (χ4v) is 5.37. The lowest BCUT2D eigenvalue weighted by Crippen LogP contribution is -2.40. The van der Waals surface area contributed by atoms with Gasteiger partial charge in [0, 0.05) is 23.4 Å². The van der Waals surface area contributed by atoms with Gasteiger partial charge in [0.2, 0.25) is 5.91 Å². The van der Waals surface area contributed by atoms with Crippen molar-refractivity contribution < 1.29 is 14.0 Å². The van der Waals surface area contributed by atoms with Crippen LogP contribution in [0, 0.1) is 19.3 Å². The van der Waals surface area contributed by atoms with Crippen LogP contribution >= 0.6 is 0 Å². The van der Waals surface area contributed by atoms with Crippen molar-refractivity contribution in [3.8, 4) is 0 Å². The van der Waals surface area contributed by atoms with Crippen molar-refractivity contribution in [3.63, 3.8) is 0 Å². The molecule has 0 spiro atoms. The van der Waals surface area contributed by atoms with Gasteiger partial charge in [-0.25, -0.2) is 0 Å². The number of hydrogen-bond acceptors (Lipinski definition) is 5. The summed E-state index contributed by atoms with van der Waals surface area (Å²) >= 11 is 0. The van der Waals surface area contributed by atoms with E-state index in [1.54, 1.807) is 6.26 Å². The Labute approximate surface area is 206 Å². The highest BCUT2D eigenvalue weighted by Gasteiger charge is 2.42. The van der Waals surface area contributed by atoms with Gasteiger partial charge in [-0.1, -0.05) is 32.0 Å². The summed E-state index contributed by atoms with van der Waals surface area (Å²) in [7, 11) is 0. The lowest BCUT2D eigenvalue weighted by molar-refractivity contribution is -0.119. The van der Waals surface area contributed by atoms with Gasteiger partial charge in [-0.15, -0.1) is 0 Å². The third-order valence-corrected chi connectivity index (χ3v) is 6.64. The highest BCUT2D eigenvalue weighted by atomic mass is 16.3. The van der Waals surface area contributed by atoms with E-state index in [2.05, 4.69) is 30.5 Å². The first kappa shape index (κ1) is 23.0. The van der Waals surface area contributed by atoms with Gasteiger partial charge in [0.05, 0.1) is 24.2 Å². The molecule has 0 saturated carbocycles. The van der Waals surface area contributed by atoms with Gasteiger partial charge >= 0.3 is 0 Å². The Morgan fingerprint density at radius 1 is 1.09 bits per heavy atom. The van der Waals surface area contributed by atoms with Gasteiger partial charge in [0.15, 0.2) is 5.78 Å². The van der Waals surface area contributed by atoms with Crippen molar-refractivity contribution in [1.82, 2.24) is 0 Å². The number of aryl methyl sites for hydroxylation is 2. The van der Waals surface area contributed by atoms with Crippen molar-refractivity contribution in [2.45, 2.75) is 46.6 Å². The number of para-hydroxylation sites is 2. The summed E-state index contributed by atoms with van der Waals surface area (Å²) < 4.78 is 5.87. The molecular weight excluding hydrogens is 438 g/mol. The molecule has 2 heterocycles. The minimum Gasteiger partial charge on any atom is -0.467 e. The van der Waals surface area contributed by atoms with Crippen molar-refractivity contribution in [1.29, 1.82) is 0 Å². The number of allylic oxidation sites excluding steroid dienone is 1. The van der Waals surface area contributed by atoms with E-state index in [-0.39, 0.29) is 23.7 Å². The van der Waals surface area contributed by atoms with Crippen LogP contribution in [0.1, 0.15) is 49.6 Å². The fourth-order valence-electron chi connectivity index (χ4n) is 5.37. The largest absolute Gasteiger partial charge is 0.467 e. The molecule has 6 heteroatoms. The molecule has 2 aliphatic rings. The topological polar surface area (TPSA) is 74.6 Å². The van der Waals surface area contributed by atoms with Crippen molar-refractivity contribution in [2.24, 2.45) is 5.41 Å². The maximum Gasteiger partial charge on any atom is 0.243 e. The van der Waals surface area contributed by atoms with Crippen molar-refractivity contribution >= 4 is 28.8 Å². The number of fused-ring (bicyclic) bond motifs is 1. The second-order valence-electron chi connectivity index (χ2n) is 10.4. The van der Waals surface area contributed by atoms with E-state index in [9.17, 15) is 9.59 Å². The number of rotatable bonds is 4. The fraction of sp³-hybridized carbons (Fsp3) is 0.310. The average molecular weight is 470 g/mol. The number of carbonyl (C=O) groups is 2. The number of anilines is 3. The summed E-state index contributed by atoms with van der Waals surface area (Å²) in [6.07, 6.45) is 2.80. The molecule has 1 aromatic heterocycles. The Morgan fingerprint density at radius 2 is 1.83 bits per heavy atom. The number of nitrogens with zero attached hydrogens (tertiary/aromatic N) is 1.